The molecule has 2 aliphatic rings. The van der Waals surface area contributed by atoms with Crippen molar-refractivity contribution >= 4 is 47.1 Å². The fraction of sp³-hybridized carbons (Fsp3) is 0.0769. The number of nitrogens with zero attached hydrogens (tertiary/aromatic N) is 3. The zero-order valence-electron chi connectivity index (χ0n) is 17.9. The lowest BCUT2D eigenvalue weighted by Gasteiger charge is -2.17. The van der Waals surface area contributed by atoms with E-state index in [1.807, 2.05) is 66.8 Å². The second-order valence-corrected chi connectivity index (χ2v) is 7.22. The second-order valence-electron chi connectivity index (χ2n) is 7.22. The zero-order valence-corrected chi connectivity index (χ0v) is 17.9. The first-order chi connectivity index (χ1) is 16.1. The van der Waals surface area contributed by atoms with Crippen LogP contribution in [0, 0.1) is 0 Å². The number of hydrogen-bond donors (Lipinski definition) is 1. The molecule has 1 fully saturated rings. The van der Waals surface area contributed by atoms with E-state index in [1.165, 1.54) is 6.08 Å². The molecule has 2 amide bonds. The van der Waals surface area contributed by atoms with Crippen molar-refractivity contribution in [2.45, 2.75) is 0 Å². The Morgan fingerprint density at radius 2 is 2.00 bits per heavy atom. The number of anilines is 2. The van der Waals surface area contributed by atoms with Crippen molar-refractivity contribution in [3.8, 4) is 0 Å². The van der Waals surface area contributed by atoms with Gasteiger partial charge in [-0.15, -0.1) is 0 Å². The molecular formula is C26H22N4O3. The van der Waals surface area contributed by atoms with Crippen molar-refractivity contribution in [1.29, 1.82) is 0 Å². The fourth-order valence-electron chi connectivity index (χ4n) is 3.54. The van der Waals surface area contributed by atoms with Crippen LogP contribution in [0.15, 0.2) is 101 Å². The standard InChI is InChI=1S/C26H22N4O3/c1-3-24(31)28-21-8-4-6-18(16-21)23-9-5-7-19(17-27-2)25(23)29-20-10-12-22(13-11-20)30-14-15-33-26(30)32/h3-13,16-17H,1-2,14-15H2,(H,28,31)/b19-17-,29-25+. The number of benzene rings is 2. The normalized spacial score (nSPS) is 17.6. The van der Waals surface area contributed by atoms with Crippen LogP contribution in [0.2, 0.25) is 0 Å². The van der Waals surface area contributed by atoms with Gasteiger partial charge >= 0.3 is 6.09 Å². The van der Waals surface area contributed by atoms with Crippen LogP contribution in [-0.4, -0.2) is 37.6 Å². The minimum Gasteiger partial charge on any atom is -0.447 e. The third-order valence-electron chi connectivity index (χ3n) is 5.09. The quantitative estimate of drug-likeness (QED) is 0.504. The number of aliphatic imine (C=N–C) groups is 2. The van der Waals surface area contributed by atoms with Crippen LogP contribution in [0.5, 0.6) is 0 Å². The Kier molecular flexibility index (Phi) is 6.40. The molecule has 1 aliphatic heterocycles. The maximum atomic E-state index is 11.8. The van der Waals surface area contributed by atoms with E-state index >= 15 is 0 Å². The van der Waals surface area contributed by atoms with Crippen LogP contribution in [0.25, 0.3) is 5.57 Å². The maximum Gasteiger partial charge on any atom is 0.414 e. The number of carbonyl (C=O) groups excluding carboxylic acids is 2. The maximum absolute atomic E-state index is 11.8. The zero-order chi connectivity index (χ0) is 23.2. The van der Waals surface area contributed by atoms with E-state index in [1.54, 1.807) is 11.1 Å². The molecule has 2 aromatic carbocycles. The molecule has 1 heterocycles. The number of cyclic esters (lactones) is 1. The lowest BCUT2D eigenvalue weighted by molar-refractivity contribution is -0.111. The molecule has 7 heteroatoms. The number of rotatable bonds is 6. The third kappa shape index (κ3) is 4.88. The molecule has 33 heavy (non-hydrogen) atoms. The predicted molar refractivity (Wildman–Crippen MR) is 132 cm³/mol. The Bertz CT molecular complexity index is 1240. The number of hydrogen-bond acceptors (Lipinski definition) is 5. The van der Waals surface area contributed by atoms with Gasteiger partial charge in [-0.2, -0.15) is 0 Å². The van der Waals surface area contributed by atoms with Crippen LogP contribution in [0.1, 0.15) is 5.56 Å². The highest BCUT2D eigenvalue weighted by Gasteiger charge is 2.23. The highest BCUT2D eigenvalue weighted by molar-refractivity contribution is 6.34. The summed E-state index contributed by atoms with van der Waals surface area (Å²) in [4.78, 5) is 33.9. The van der Waals surface area contributed by atoms with Gasteiger partial charge in [-0.05, 0) is 54.8 Å². The van der Waals surface area contributed by atoms with Crippen molar-refractivity contribution in [2.24, 2.45) is 9.98 Å². The summed E-state index contributed by atoms with van der Waals surface area (Å²) in [6.45, 7) is 7.98. The van der Waals surface area contributed by atoms with E-state index in [0.29, 0.717) is 30.2 Å². The monoisotopic (exact) mass is 438 g/mol. The fourth-order valence-corrected chi connectivity index (χ4v) is 3.54. The molecule has 1 saturated heterocycles. The van der Waals surface area contributed by atoms with E-state index in [4.69, 9.17) is 9.73 Å². The van der Waals surface area contributed by atoms with E-state index in [0.717, 1.165) is 22.4 Å². The Morgan fingerprint density at radius 1 is 1.18 bits per heavy atom. The molecule has 0 aromatic heterocycles. The van der Waals surface area contributed by atoms with E-state index < -0.39 is 0 Å². The van der Waals surface area contributed by atoms with Crippen LogP contribution < -0.4 is 10.2 Å². The first-order valence-electron chi connectivity index (χ1n) is 10.3. The molecular weight excluding hydrogens is 416 g/mol. The Morgan fingerprint density at radius 3 is 2.70 bits per heavy atom. The number of nitrogens with one attached hydrogen (secondary N) is 1. The molecule has 2 aromatic rings. The highest BCUT2D eigenvalue weighted by Crippen LogP contribution is 2.30. The molecule has 7 nitrogen and oxygen atoms in total. The SMILES string of the molecule is C=CC(=O)Nc1cccc(C2=CC=CC(=C/N=C)/C2=N\c2ccc(N3CCOC3=O)cc2)c1. The van der Waals surface area contributed by atoms with Gasteiger partial charge in [0.15, 0.2) is 0 Å². The van der Waals surface area contributed by atoms with E-state index in [2.05, 4.69) is 23.6 Å². The van der Waals surface area contributed by atoms with Crippen molar-refractivity contribution in [3.63, 3.8) is 0 Å². The molecule has 4 rings (SSSR count). The molecule has 0 radical (unpaired) electrons. The molecule has 0 bridgehead atoms. The molecule has 164 valence electrons. The summed E-state index contributed by atoms with van der Waals surface area (Å²) < 4.78 is 5.01. The molecule has 0 spiro atoms. The van der Waals surface area contributed by atoms with Gasteiger partial charge in [-0.1, -0.05) is 36.9 Å². The van der Waals surface area contributed by atoms with Gasteiger partial charge in [0.2, 0.25) is 5.91 Å². The van der Waals surface area contributed by atoms with Crippen LogP contribution in [-0.2, 0) is 9.53 Å². The molecule has 0 unspecified atom stereocenters. The van der Waals surface area contributed by atoms with Gasteiger partial charge in [0, 0.05) is 28.7 Å². The first-order valence-corrected chi connectivity index (χ1v) is 10.3. The van der Waals surface area contributed by atoms with E-state index in [-0.39, 0.29) is 12.0 Å². The van der Waals surface area contributed by atoms with Crippen LogP contribution >= 0.6 is 0 Å². The summed E-state index contributed by atoms with van der Waals surface area (Å²) in [6.07, 6.45) is 8.33. The lowest BCUT2D eigenvalue weighted by atomic mass is 9.91. The molecule has 1 aliphatic carbocycles. The number of ether oxygens (including phenoxy) is 1. The largest absolute Gasteiger partial charge is 0.447 e. The van der Waals surface area contributed by atoms with Crippen molar-refractivity contribution in [3.05, 3.63) is 96.8 Å². The minimum atomic E-state index is -0.345. The van der Waals surface area contributed by atoms with E-state index in [9.17, 15) is 9.59 Å². The summed E-state index contributed by atoms with van der Waals surface area (Å²) in [6, 6.07) is 14.9. The molecule has 1 N–H and O–H groups in total. The summed E-state index contributed by atoms with van der Waals surface area (Å²) in [7, 11) is 0. The predicted octanol–water partition coefficient (Wildman–Crippen LogP) is 5.08. The Labute approximate surface area is 191 Å². The topological polar surface area (TPSA) is 83.4 Å². The van der Waals surface area contributed by atoms with Crippen LogP contribution in [0.3, 0.4) is 0 Å². The van der Waals surface area contributed by atoms with Crippen LogP contribution in [0.4, 0.5) is 21.9 Å². The Hall–Kier alpha value is -4.52. The van der Waals surface area contributed by atoms with Gasteiger partial charge in [0.25, 0.3) is 0 Å². The van der Waals surface area contributed by atoms with Gasteiger partial charge < -0.3 is 10.1 Å². The molecule has 0 saturated carbocycles. The van der Waals surface area contributed by atoms with Crippen molar-refractivity contribution < 1.29 is 14.3 Å². The average molecular weight is 438 g/mol. The summed E-state index contributed by atoms with van der Waals surface area (Å²) >= 11 is 0. The summed E-state index contributed by atoms with van der Waals surface area (Å²) in [5.74, 6) is -0.281. The van der Waals surface area contributed by atoms with Gasteiger partial charge in [-0.3, -0.25) is 14.7 Å². The smallest absolute Gasteiger partial charge is 0.414 e. The van der Waals surface area contributed by atoms with Gasteiger partial charge in [0.1, 0.15) is 6.61 Å². The van der Waals surface area contributed by atoms with Gasteiger partial charge in [-0.25, -0.2) is 9.79 Å². The second kappa shape index (κ2) is 9.74. The summed E-state index contributed by atoms with van der Waals surface area (Å²) in [5, 5.41) is 2.78. The first kappa shape index (κ1) is 21.7. The third-order valence-corrected chi connectivity index (χ3v) is 5.09. The van der Waals surface area contributed by atoms with Crippen molar-refractivity contribution in [1.82, 2.24) is 0 Å². The highest BCUT2D eigenvalue weighted by atomic mass is 16.6. The summed E-state index contributed by atoms with van der Waals surface area (Å²) in [5.41, 5.74) is 5.39. The van der Waals surface area contributed by atoms with Crippen molar-refractivity contribution in [2.75, 3.05) is 23.4 Å². The Balaban J connectivity index is 1.70. The lowest BCUT2D eigenvalue weighted by Crippen LogP contribution is -2.22. The number of allylic oxidation sites excluding steroid dienone is 5. The average Bonchev–Trinajstić information content (AvgIpc) is 3.26. The minimum absolute atomic E-state index is 0.281. The van der Waals surface area contributed by atoms with Gasteiger partial charge in [0.05, 0.1) is 17.9 Å². The number of carbonyl (C=O) groups is 2. The number of amides is 2. The molecule has 0 atom stereocenters.